The Balaban J connectivity index is 1.79. The fraction of sp³-hybridized carbons (Fsp3) is 1.00. The van der Waals surface area contributed by atoms with Gasteiger partial charge in [0, 0.05) is 25.7 Å². The average Bonchev–Trinajstić information content (AvgIpc) is 2.31. The highest BCUT2D eigenvalue weighted by atomic mass is 16.5. The summed E-state index contributed by atoms with van der Waals surface area (Å²) < 4.78 is 5.79. The molecule has 0 aromatic heterocycles. The Morgan fingerprint density at radius 3 is 2.73 bits per heavy atom. The Bertz CT molecular complexity index is 180. The molecule has 0 saturated carbocycles. The van der Waals surface area contributed by atoms with E-state index in [2.05, 4.69) is 4.90 Å². The summed E-state index contributed by atoms with van der Waals surface area (Å²) in [5.74, 6) is 0. The number of rotatable bonds is 3. The van der Waals surface area contributed by atoms with Gasteiger partial charge in [0.05, 0.1) is 6.10 Å². The van der Waals surface area contributed by atoms with Crippen LogP contribution in [0, 0.1) is 0 Å². The zero-order valence-electron chi connectivity index (χ0n) is 9.66. The second-order valence-electron chi connectivity index (χ2n) is 4.87. The highest BCUT2D eigenvalue weighted by molar-refractivity contribution is 4.80. The third kappa shape index (κ3) is 3.16. The summed E-state index contributed by atoms with van der Waals surface area (Å²) in [6.07, 6.45) is 8.28. The topological polar surface area (TPSA) is 38.5 Å². The minimum Gasteiger partial charge on any atom is -0.377 e. The van der Waals surface area contributed by atoms with Crippen molar-refractivity contribution in [2.75, 3.05) is 26.2 Å². The summed E-state index contributed by atoms with van der Waals surface area (Å²) in [7, 11) is 0. The van der Waals surface area contributed by atoms with Crippen molar-refractivity contribution in [2.45, 2.75) is 50.7 Å². The van der Waals surface area contributed by atoms with Crippen molar-refractivity contribution in [1.82, 2.24) is 4.90 Å². The summed E-state index contributed by atoms with van der Waals surface area (Å²) in [5, 5.41) is 0. The van der Waals surface area contributed by atoms with Crippen LogP contribution in [0.1, 0.15) is 38.5 Å². The Morgan fingerprint density at radius 2 is 2.00 bits per heavy atom. The Kier molecular flexibility index (Phi) is 4.42. The van der Waals surface area contributed by atoms with Gasteiger partial charge >= 0.3 is 0 Å². The number of hydrogen-bond donors (Lipinski definition) is 1. The molecule has 2 atom stereocenters. The van der Waals surface area contributed by atoms with E-state index in [9.17, 15) is 0 Å². The third-order valence-electron chi connectivity index (χ3n) is 3.73. The second-order valence-corrected chi connectivity index (χ2v) is 4.87. The molecule has 0 aliphatic carbocycles. The molecule has 2 heterocycles. The first-order valence-electron chi connectivity index (χ1n) is 6.46. The van der Waals surface area contributed by atoms with Gasteiger partial charge < -0.3 is 10.5 Å². The maximum Gasteiger partial charge on any atom is 0.0702 e. The van der Waals surface area contributed by atoms with Crippen molar-refractivity contribution in [1.29, 1.82) is 0 Å². The maximum absolute atomic E-state index is 5.82. The lowest BCUT2D eigenvalue weighted by atomic mass is 10.0. The highest BCUT2D eigenvalue weighted by Crippen LogP contribution is 2.20. The fourth-order valence-corrected chi connectivity index (χ4v) is 2.78. The van der Waals surface area contributed by atoms with Gasteiger partial charge in [-0.3, -0.25) is 4.90 Å². The van der Waals surface area contributed by atoms with E-state index in [1.54, 1.807) is 0 Å². The van der Waals surface area contributed by atoms with Crippen LogP contribution in [0.5, 0.6) is 0 Å². The van der Waals surface area contributed by atoms with Gasteiger partial charge in [-0.15, -0.1) is 0 Å². The molecule has 2 N–H and O–H groups in total. The minimum absolute atomic E-state index is 0.478. The Morgan fingerprint density at radius 1 is 1.13 bits per heavy atom. The normalized spacial score (nSPS) is 34.2. The van der Waals surface area contributed by atoms with Gasteiger partial charge in [0.1, 0.15) is 0 Å². The third-order valence-corrected chi connectivity index (χ3v) is 3.73. The van der Waals surface area contributed by atoms with Crippen LogP contribution in [-0.2, 0) is 4.74 Å². The molecule has 3 heteroatoms. The number of likely N-dealkylation sites (tertiary alicyclic amines) is 1. The van der Waals surface area contributed by atoms with Gasteiger partial charge in [-0.1, -0.05) is 6.42 Å². The van der Waals surface area contributed by atoms with Crippen LogP contribution in [-0.4, -0.2) is 43.3 Å². The average molecular weight is 212 g/mol. The minimum atomic E-state index is 0.478. The standard InChI is InChI=1S/C12H24N2O/c13-9-11-5-1-3-7-14(11)10-12-6-2-4-8-15-12/h11-12H,1-10,13H2. The quantitative estimate of drug-likeness (QED) is 0.768. The number of hydrogen-bond acceptors (Lipinski definition) is 3. The first-order valence-corrected chi connectivity index (χ1v) is 6.46. The van der Waals surface area contributed by atoms with Crippen molar-refractivity contribution in [3.63, 3.8) is 0 Å². The number of ether oxygens (including phenoxy) is 1. The molecule has 0 bridgehead atoms. The lowest BCUT2D eigenvalue weighted by molar-refractivity contribution is -0.0183. The van der Waals surface area contributed by atoms with Crippen LogP contribution >= 0.6 is 0 Å². The Labute approximate surface area is 93.0 Å². The van der Waals surface area contributed by atoms with Gasteiger partial charge in [0.15, 0.2) is 0 Å². The van der Waals surface area contributed by atoms with Crippen molar-refractivity contribution in [2.24, 2.45) is 5.73 Å². The number of piperidine rings is 1. The molecule has 2 fully saturated rings. The van der Waals surface area contributed by atoms with Gasteiger partial charge in [0.25, 0.3) is 0 Å². The predicted molar refractivity (Wildman–Crippen MR) is 61.9 cm³/mol. The lowest BCUT2D eigenvalue weighted by Crippen LogP contribution is -2.48. The molecule has 2 unspecified atom stereocenters. The van der Waals surface area contributed by atoms with E-state index in [-0.39, 0.29) is 0 Å². The van der Waals surface area contributed by atoms with Crippen molar-refractivity contribution >= 4 is 0 Å². The van der Waals surface area contributed by atoms with Crippen LogP contribution in [0.25, 0.3) is 0 Å². The molecule has 88 valence electrons. The van der Waals surface area contributed by atoms with Crippen LogP contribution in [0.2, 0.25) is 0 Å². The summed E-state index contributed by atoms with van der Waals surface area (Å²) >= 11 is 0. The van der Waals surface area contributed by atoms with E-state index in [0.717, 1.165) is 19.7 Å². The van der Waals surface area contributed by atoms with E-state index < -0.39 is 0 Å². The molecule has 15 heavy (non-hydrogen) atoms. The maximum atomic E-state index is 5.82. The van der Waals surface area contributed by atoms with Crippen LogP contribution in [0.3, 0.4) is 0 Å². The molecule has 2 saturated heterocycles. The summed E-state index contributed by atoms with van der Waals surface area (Å²) in [6.45, 7) is 4.11. The predicted octanol–water partition coefficient (Wildman–Crippen LogP) is 1.37. The van der Waals surface area contributed by atoms with Gasteiger partial charge in [-0.25, -0.2) is 0 Å². The van der Waals surface area contributed by atoms with Crippen molar-refractivity contribution < 1.29 is 4.74 Å². The first-order chi connectivity index (χ1) is 7.40. The molecule has 2 aliphatic rings. The largest absolute Gasteiger partial charge is 0.377 e. The molecule has 0 spiro atoms. The molecule has 0 radical (unpaired) electrons. The smallest absolute Gasteiger partial charge is 0.0702 e. The fourth-order valence-electron chi connectivity index (χ4n) is 2.78. The van der Waals surface area contributed by atoms with Gasteiger partial charge in [-0.2, -0.15) is 0 Å². The Hall–Kier alpha value is -0.120. The number of nitrogens with zero attached hydrogens (tertiary/aromatic N) is 1. The molecule has 2 rings (SSSR count). The SMILES string of the molecule is NCC1CCCCN1CC1CCCCO1. The van der Waals surface area contributed by atoms with Gasteiger partial charge in [0.2, 0.25) is 0 Å². The second kappa shape index (κ2) is 5.83. The summed E-state index contributed by atoms with van der Waals surface area (Å²) in [6, 6.07) is 0.615. The van der Waals surface area contributed by atoms with E-state index in [4.69, 9.17) is 10.5 Å². The van der Waals surface area contributed by atoms with Crippen LogP contribution in [0.4, 0.5) is 0 Å². The molecule has 3 nitrogen and oxygen atoms in total. The summed E-state index contributed by atoms with van der Waals surface area (Å²) in [5.41, 5.74) is 5.82. The molecule has 0 amide bonds. The van der Waals surface area contributed by atoms with Crippen LogP contribution < -0.4 is 5.73 Å². The lowest BCUT2D eigenvalue weighted by Gasteiger charge is -2.38. The van der Waals surface area contributed by atoms with E-state index in [1.165, 1.54) is 45.1 Å². The molecular formula is C12H24N2O. The summed E-state index contributed by atoms with van der Waals surface area (Å²) in [4.78, 5) is 2.56. The van der Waals surface area contributed by atoms with E-state index in [0.29, 0.717) is 12.1 Å². The zero-order valence-corrected chi connectivity index (χ0v) is 9.66. The monoisotopic (exact) mass is 212 g/mol. The van der Waals surface area contributed by atoms with E-state index >= 15 is 0 Å². The molecule has 0 aromatic rings. The highest BCUT2D eigenvalue weighted by Gasteiger charge is 2.24. The van der Waals surface area contributed by atoms with Crippen molar-refractivity contribution in [3.05, 3.63) is 0 Å². The van der Waals surface area contributed by atoms with Gasteiger partial charge in [-0.05, 0) is 38.6 Å². The zero-order chi connectivity index (χ0) is 10.5. The van der Waals surface area contributed by atoms with E-state index in [1.807, 2.05) is 0 Å². The van der Waals surface area contributed by atoms with Crippen molar-refractivity contribution in [3.8, 4) is 0 Å². The van der Waals surface area contributed by atoms with Crippen LogP contribution in [0.15, 0.2) is 0 Å². The molecule has 0 aromatic carbocycles. The molecule has 2 aliphatic heterocycles. The molecular weight excluding hydrogens is 188 g/mol. The first kappa shape index (κ1) is 11.4. The number of nitrogens with two attached hydrogens (primary N) is 1.